The molecule has 0 unspecified atom stereocenters. The molecule has 0 atom stereocenters. The van der Waals surface area contributed by atoms with E-state index in [1.54, 1.807) is 6.92 Å². The van der Waals surface area contributed by atoms with Gasteiger partial charge in [0.2, 0.25) is 0 Å². The maximum atomic E-state index is 11.1. The fraction of sp³-hybridized carbons (Fsp3) is 0.167. The first-order valence-corrected chi connectivity index (χ1v) is 3.12. The van der Waals surface area contributed by atoms with E-state index in [4.69, 9.17) is 0 Å². The Balaban J connectivity index is 0.000000720. The van der Waals surface area contributed by atoms with Gasteiger partial charge in [-0.05, 0) is 13.0 Å². The third-order valence-corrected chi connectivity index (χ3v) is 1.36. The van der Waals surface area contributed by atoms with E-state index in [0.717, 1.165) is 0 Å². The second kappa shape index (κ2) is 3.38. The van der Waals surface area contributed by atoms with Crippen LogP contribution in [0.25, 0.3) is 5.65 Å². The average molecular weight is 172 g/mol. The van der Waals surface area contributed by atoms with Crippen LogP contribution in [0.1, 0.15) is 5.69 Å². The Morgan fingerprint density at radius 2 is 2.25 bits per heavy atom. The van der Waals surface area contributed by atoms with E-state index in [1.165, 1.54) is 16.9 Å². The summed E-state index contributed by atoms with van der Waals surface area (Å²) in [4.78, 5) is 0. The summed E-state index contributed by atoms with van der Waals surface area (Å²) in [5, 5.41) is 22.2. The number of rotatable bonds is 0. The summed E-state index contributed by atoms with van der Waals surface area (Å²) in [6.45, 7) is 1.75. The molecule has 2 aromatic rings. The van der Waals surface area contributed by atoms with Crippen LogP contribution in [0.3, 0.4) is 0 Å². The number of fused-ring (bicyclic) bond motifs is 1. The van der Waals surface area contributed by atoms with Crippen molar-refractivity contribution in [3.8, 4) is 5.75 Å². The van der Waals surface area contributed by atoms with E-state index in [9.17, 15) is 5.11 Å². The van der Waals surface area contributed by atoms with Crippen molar-refractivity contribution >= 4 is 5.65 Å². The molecule has 56 valence electrons. The third kappa shape index (κ3) is 1.43. The van der Waals surface area contributed by atoms with Gasteiger partial charge in [0.15, 0.2) is 5.65 Å². The Bertz CT molecular complexity index is 399. The summed E-state index contributed by atoms with van der Waals surface area (Å²) in [5.41, 5.74) is 0.943. The second-order valence-electron chi connectivity index (χ2n) is 2.25. The molecule has 2 heterocycles. The van der Waals surface area contributed by atoms with Gasteiger partial charge in [-0.2, -0.15) is 5.10 Å². The predicted molar refractivity (Wildman–Crippen MR) is 35.0 cm³/mol. The van der Waals surface area contributed by atoms with Crippen LogP contribution in [0, 0.1) is 6.92 Å². The van der Waals surface area contributed by atoms with Crippen LogP contribution >= 0.6 is 0 Å². The smallest absolute Gasteiger partial charge is 0.870 e. The molecule has 0 radical (unpaired) electrons. The molecule has 0 aliphatic heterocycles. The Kier molecular flexibility index (Phi) is 2.66. The van der Waals surface area contributed by atoms with E-state index in [-0.39, 0.29) is 41.0 Å². The monoisotopic (exact) mass is 172 g/mol. The van der Waals surface area contributed by atoms with E-state index in [1.807, 2.05) is 0 Å². The summed E-state index contributed by atoms with van der Waals surface area (Å²) in [6.07, 6.45) is 1.41. The normalized spacial score (nSPS) is 9.75. The minimum atomic E-state index is -0.144. The molecule has 0 bridgehead atoms. The molecule has 12 heavy (non-hydrogen) atoms. The van der Waals surface area contributed by atoms with Crippen LogP contribution in [-0.2, 0) is 0 Å². The van der Waals surface area contributed by atoms with Gasteiger partial charge >= 0.3 is 29.6 Å². The molecule has 0 saturated carbocycles. The van der Waals surface area contributed by atoms with Crippen molar-refractivity contribution < 1.29 is 34.7 Å². The van der Waals surface area contributed by atoms with Crippen LogP contribution in [0.4, 0.5) is 0 Å². The second-order valence-corrected chi connectivity index (χ2v) is 2.25. The first-order chi connectivity index (χ1) is 5.27. The zero-order valence-electron chi connectivity index (χ0n) is 6.85. The van der Waals surface area contributed by atoms with Crippen molar-refractivity contribution in [3.05, 3.63) is 18.1 Å². The molecule has 6 heteroatoms. The molecule has 0 saturated heterocycles. The maximum absolute atomic E-state index is 11.1. The topological polar surface area (TPSA) is 66.1 Å². The van der Waals surface area contributed by atoms with Gasteiger partial charge < -0.3 is 5.11 Å². The third-order valence-electron chi connectivity index (χ3n) is 1.36. The Morgan fingerprint density at radius 3 is 3.00 bits per heavy atom. The number of hydrogen-bond acceptors (Lipinski definition) is 4. The van der Waals surface area contributed by atoms with Gasteiger partial charge in [0, 0.05) is 0 Å². The fourth-order valence-electron chi connectivity index (χ4n) is 0.918. The molecule has 0 amide bonds. The van der Waals surface area contributed by atoms with E-state index in [2.05, 4.69) is 15.3 Å². The van der Waals surface area contributed by atoms with Crippen molar-refractivity contribution in [3.63, 3.8) is 0 Å². The minimum absolute atomic E-state index is 0. The molecular formula is C6H5N4NaO. The van der Waals surface area contributed by atoms with Crippen LogP contribution in [0.5, 0.6) is 5.75 Å². The van der Waals surface area contributed by atoms with Crippen LogP contribution in [0.2, 0.25) is 0 Å². The molecule has 0 N–H and O–H groups in total. The van der Waals surface area contributed by atoms with Gasteiger partial charge in [-0.1, -0.05) is 5.75 Å². The molecule has 2 rings (SSSR count). The fourth-order valence-corrected chi connectivity index (χ4v) is 0.918. The van der Waals surface area contributed by atoms with Gasteiger partial charge in [-0.25, -0.2) is 4.52 Å². The number of hydrogen-bond donors (Lipinski definition) is 0. The van der Waals surface area contributed by atoms with Crippen molar-refractivity contribution in [2.45, 2.75) is 6.92 Å². The summed E-state index contributed by atoms with van der Waals surface area (Å²) < 4.78 is 1.37. The van der Waals surface area contributed by atoms with Gasteiger partial charge in [0.25, 0.3) is 0 Å². The average Bonchev–Trinajstić information content (AvgIpc) is 2.34. The van der Waals surface area contributed by atoms with Gasteiger partial charge in [0.1, 0.15) is 6.33 Å². The minimum Gasteiger partial charge on any atom is -0.870 e. The molecule has 0 aliphatic rings. The number of aromatic nitrogens is 4. The Labute approximate surface area is 90.7 Å². The summed E-state index contributed by atoms with van der Waals surface area (Å²) in [7, 11) is 0. The first kappa shape index (κ1) is 9.44. The summed E-state index contributed by atoms with van der Waals surface area (Å²) in [5.74, 6) is -0.144. The van der Waals surface area contributed by atoms with Crippen LogP contribution in [0.15, 0.2) is 12.4 Å². The Morgan fingerprint density at radius 1 is 1.50 bits per heavy atom. The zero-order chi connectivity index (χ0) is 7.84. The molecule has 0 aromatic carbocycles. The van der Waals surface area contributed by atoms with Gasteiger partial charge in [-0.3, -0.25) is 0 Å². The van der Waals surface area contributed by atoms with Crippen LogP contribution < -0.4 is 34.7 Å². The predicted octanol–water partition coefficient (Wildman–Crippen LogP) is -3.49. The molecule has 5 nitrogen and oxygen atoms in total. The summed E-state index contributed by atoms with van der Waals surface area (Å²) >= 11 is 0. The van der Waals surface area contributed by atoms with Gasteiger partial charge in [-0.15, -0.1) is 10.2 Å². The zero-order valence-corrected chi connectivity index (χ0v) is 8.85. The summed E-state index contributed by atoms with van der Waals surface area (Å²) in [6, 6.07) is 1.43. The molecule has 0 spiro atoms. The largest absolute Gasteiger partial charge is 1.00 e. The maximum Gasteiger partial charge on any atom is 1.00 e. The van der Waals surface area contributed by atoms with Gasteiger partial charge in [0.05, 0.1) is 5.69 Å². The SMILES string of the molecule is Cc1cc([O-])c2nncn2n1.[Na+]. The van der Waals surface area contributed by atoms with E-state index < -0.39 is 0 Å². The molecular weight excluding hydrogens is 167 g/mol. The molecule has 2 aromatic heterocycles. The van der Waals surface area contributed by atoms with Crippen molar-refractivity contribution in [2.24, 2.45) is 0 Å². The quantitative estimate of drug-likeness (QED) is 0.387. The number of aryl methyl sites for hydroxylation is 1. The van der Waals surface area contributed by atoms with E-state index in [0.29, 0.717) is 5.69 Å². The molecule has 0 aliphatic carbocycles. The van der Waals surface area contributed by atoms with Crippen molar-refractivity contribution in [1.82, 2.24) is 19.8 Å². The number of nitrogens with zero attached hydrogens (tertiary/aromatic N) is 4. The molecule has 0 fully saturated rings. The van der Waals surface area contributed by atoms with Crippen molar-refractivity contribution in [1.29, 1.82) is 0 Å². The first-order valence-electron chi connectivity index (χ1n) is 3.12. The standard InChI is InChI=1S/C6H6N4O.Na/c1-4-2-5(11)6-8-7-3-10(6)9-4;/h2-3,11H,1H3;/q;+1/p-1. The van der Waals surface area contributed by atoms with E-state index >= 15 is 0 Å². The Hall–Kier alpha value is -0.650. The van der Waals surface area contributed by atoms with Crippen LogP contribution in [-0.4, -0.2) is 19.8 Å². The van der Waals surface area contributed by atoms with Crippen molar-refractivity contribution in [2.75, 3.05) is 0 Å².